The maximum atomic E-state index is 6.09. The van der Waals surface area contributed by atoms with Gasteiger partial charge in [0.15, 0.2) is 0 Å². The Morgan fingerprint density at radius 2 is 2.17 bits per heavy atom. The van der Waals surface area contributed by atoms with Gasteiger partial charge < -0.3 is 14.9 Å². The zero-order valence-electron chi connectivity index (χ0n) is 10.6. The van der Waals surface area contributed by atoms with Gasteiger partial charge in [-0.1, -0.05) is 18.5 Å². The average molecular weight is 267 g/mol. The van der Waals surface area contributed by atoms with Crippen LogP contribution in [0.25, 0.3) is 11.3 Å². The monoisotopic (exact) mass is 266 g/mol. The molecular weight excluding hydrogens is 252 g/mol. The molecule has 0 saturated heterocycles. The number of aromatic nitrogens is 1. The predicted molar refractivity (Wildman–Crippen MR) is 72.0 cm³/mol. The molecule has 2 aromatic rings. The molecule has 96 valence electrons. The largest absolute Gasteiger partial charge is 0.496 e. The van der Waals surface area contributed by atoms with E-state index in [2.05, 4.69) is 4.98 Å². The Bertz CT molecular complexity index is 579. The van der Waals surface area contributed by atoms with Gasteiger partial charge in [0.25, 0.3) is 6.01 Å². The minimum Gasteiger partial charge on any atom is -0.496 e. The first-order valence-corrected chi connectivity index (χ1v) is 6.04. The number of nitrogen functional groups attached to an aromatic ring is 1. The van der Waals surface area contributed by atoms with Crippen molar-refractivity contribution < 1.29 is 9.15 Å². The Balaban J connectivity index is 2.69. The lowest BCUT2D eigenvalue weighted by molar-refractivity contribution is 0.413. The molecule has 1 aromatic carbocycles. The van der Waals surface area contributed by atoms with Crippen LogP contribution in [0, 0.1) is 6.92 Å². The highest BCUT2D eigenvalue weighted by atomic mass is 35.5. The van der Waals surface area contributed by atoms with Crippen LogP contribution in [0.5, 0.6) is 5.75 Å². The smallest absolute Gasteiger partial charge is 0.292 e. The lowest BCUT2D eigenvalue weighted by Gasteiger charge is -2.11. The molecule has 4 nitrogen and oxygen atoms in total. The molecule has 0 spiro atoms. The minimum absolute atomic E-state index is 0.154. The van der Waals surface area contributed by atoms with Crippen molar-refractivity contribution in [1.82, 2.24) is 4.98 Å². The van der Waals surface area contributed by atoms with E-state index in [1.807, 2.05) is 26.0 Å². The van der Waals surface area contributed by atoms with Gasteiger partial charge in [-0.25, -0.2) is 0 Å². The van der Waals surface area contributed by atoms with Crippen molar-refractivity contribution in [2.24, 2.45) is 0 Å². The number of hydrogen-bond donors (Lipinski definition) is 1. The summed E-state index contributed by atoms with van der Waals surface area (Å²) in [5, 5.41) is 0.631. The van der Waals surface area contributed by atoms with E-state index in [0.29, 0.717) is 17.1 Å². The topological polar surface area (TPSA) is 61.3 Å². The van der Waals surface area contributed by atoms with Crippen LogP contribution in [0.15, 0.2) is 16.5 Å². The highest BCUT2D eigenvalue weighted by molar-refractivity contribution is 6.31. The molecule has 0 bridgehead atoms. The third kappa shape index (κ3) is 2.16. The first-order valence-electron chi connectivity index (χ1n) is 5.66. The molecule has 5 heteroatoms. The number of oxazole rings is 1. The number of aryl methyl sites for hydroxylation is 2. The van der Waals surface area contributed by atoms with Gasteiger partial charge in [-0.05, 0) is 24.6 Å². The number of benzene rings is 1. The van der Waals surface area contributed by atoms with Crippen LogP contribution in [0.4, 0.5) is 6.01 Å². The molecule has 0 saturated carbocycles. The molecule has 2 rings (SSSR count). The Morgan fingerprint density at radius 3 is 2.78 bits per heavy atom. The van der Waals surface area contributed by atoms with Gasteiger partial charge in [-0.15, -0.1) is 0 Å². The van der Waals surface area contributed by atoms with Crippen molar-refractivity contribution in [3.05, 3.63) is 28.5 Å². The second-order valence-electron chi connectivity index (χ2n) is 3.98. The van der Waals surface area contributed by atoms with Gasteiger partial charge in [-0.2, -0.15) is 4.98 Å². The number of methoxy groups -OCH3 is 1. The van der Waals surface area contributed by atoms with E-state index < -0.39 is 0 Å². The number of nitrogens with two attached hydrogens (primary N) is 1. The number of halogens is 1. The molecule has 0 aliphatic rings. The number of ether oxygens (including phenoxy) is 1. The van der Waals surface area contributed by atoms with E-state index in [4.69, 9.17) is 26.5 Å². The standard InChI is InChI=1S/C13H15ClN2O2/c1-4-10-11(16-13(15)18-10)9-6-8(14)5-7(2)12(9)17-3/h5-6H,4H2,1-3H3,(H2,15,16). The van der Waals surface area contributed by atoms with Gasteiger partial charge in [0, 0.05) is 17.0 Å². The molecule has 0 unspecified atom stereocenters. The van der Waals surface area contributed by atoms with Gasteiger partial charge >= 0.3 is 0 Å². The molecule has 0 aliphatic heterocycles. The molecule has 0 atom stereocenters. The average Bonchev–Trinajstić information content (AvgIpc) is 2.69. The number of nitrogens with zero attached hydrogens (tertiary/aromatic N) is 1. The normalized spacial score (nSPS) is 10.7. The quantitative estimate of drug-likeness (QED) is 0.924. The summed E-state index contributed by atoms with van der Waals surface area (Å²) < 4.78 is 10.8. The number of anilines is 1. The zero-order valence-corrected chi connectivity index (χ0v) is 11.3. The lowest BCUT2D eigenvalue weighted by atomic mass is 10.0. The molecule has 1 heterocycles. The van der Waals surface area contributed by atoms with Crippen LogP contribution in [-0.4, -0.2) is 12.1 Å². The van der Waals surface area contributed by atoms with Crippen molar-refractivity contribution in [2.75, 3.05) is 12.8 Å². The van der Waals surface area contributed by atoms with Gasteiger partial charge in [0.1, 0.15) is 17.2 Å². The third-order valence-corrected chi connectivity index (χ3v) is 2.95. The number of rotatable bonds is 3. The summed E-state index contributed by atoms with van der Waals surface area (Å²) in [4.78, 5) is 4.22. The van der Waals surface area contributed by atoms with E-state index in [0.717, 1.165) is 22.6 Å². The summed E-state index contributed by atoms with van der Waals surface area (Å²) in [5.74, 6) is 1.47. The highest BCUT2D eigenvalue weighted by Gasteiger charge is 2.18. The highest BCUT2D eigenvalue weighted by Crippen LogP contribution is 2.37. The Morgan fingerprint density at radius 1 is 1.44 bits per heavy atom. The summed E-state index contributed by atoms with van der Waals surface area (Å²) in [6.45, 7) is 3.91. The summed E-state index contributed by atoms with van der Waals surface area (Å²) in [5.41, 5.74) is 8.05. The third-order valence-electron chi connectivity index (χ3n) is 2.73. The SMILES string of the molecule is CCc1oc(N)nc1-c1cc(Cl)cc(C)c1OC. The summed E-state index contributed by atoms with van der Waals surface area (Å²) >= 11 is 6.09. The molecule has 0 aliphatic carbocycles. The maximum absolute atomic E-state index is 6.09. The van der Waals surface area contributed by atoms with Gasteiger partial charge in [-0.3, -0.25) is 0 Å². The Kier molecular flexibility index (Phi) is 3.48. The fourth-order valence-corrected chi connectivity index (χ4v) is 2.27. The van der Waals surface area contributed by atoms with E-state index in [-0.39, 0.29) is 6.01 Å². The fourth-order valence-electron chi connectivity index (χ4n) is 2.00. The lowest BCUT2D eigenvalue weighted by Crippen LogP contribution is -1.94. The summed E-state index contributed by atoms with van der Waals surface area (Å²) in [7, 11) is 1.62. The second kappa shape index (κ2) is 4.90. The Hall–Kier alpha value is -1.68. The van der Waals surface area contributed by atoms with Crippen molar-refractivity contribution in [1.29, 1.82) is 0 Å². The van der Waals surface area contributed by atoms with Crippen LogP contribution in [0.2, 0.25) is 5.02 Å². The molecular formula is C13H15ClN2O2. The minimum atomic E-state index is 0.154. The molecule has 0 amide bonds. The summed E-state index contributed by atoms with van der Waals surface area (Å²) in [6, 6.07) is 3.81. The van der Waals surface area contributed by atoms with E-state index in [9.17, 15) is 0 Å². The molecule has 18 heavy (non-hydrogen) atoms. The van der Waals surface area contributed by atoms with E-state index in [1.54, 1.807) is 7.11 Å². The Labute approximate surface area is 111 Å². The zero-order chi connectivity index (χ0) is 13.3. The molecule has 1 aromatic heterocycles. The van der Waals surface area contributed by atoms with E-state index in [1.165, 1.54) is 0 Å². The predicted octanol–water partition coefficient (Wildman–Crippen LogP) is 3.46. The van der Waals surface area contributed by atoms with Gasteiger partial charge in [0.2, 0.25) is 0 Å². The molecule has 2 N–H and O–H groups in total. The van der Waals surface area contributed by atoms with Crippen LogP contribution in [-0.2, 0) is 6.42 Å². The molecule has 0 radical (unpaired) electrons. The molecule has 0 fully saturated rings. The number of hydrogen-bond acceptors (Lipinski definition) is 4. The van der Waals surface area contributed by atoms with E-state index >= 15 is 0 Å². The van der Waals surface area contributed by atoms with Crippen LogP contribution >= 0.6 is 11.6 Å². The van der Waals surface area contributed by atoms with Crippen LogP contribution < -0.4 is 10.5 Å². The van der Waals surface area contributed by atoms with Crippen molar-refractivity contribution in [2.45, 2.75) is 20.3 Å². The first kappa shape index (κ1) is 12.8. The second-order valence-corrected chi connectivity index (χ2v) is 4.42. The van der Waals surface area contributed by atoms with Crippen molar-refractivity contribution in [3.8, 4) is 17.0 Å². The van der Waals surface area contributed by atoms with Crippen molar-refractivity contribution >= 4 is 17.6 Å². The fraction of sp³-hybridized carbons (Fsp3) is 0.308. The maximum Gasteiger partial charge on any atom is 0.292 e. The van der Waals surface area contributed by atoms with Crippen LogP contribution in [0.3, 0.4) is 0 Å². The van der Waals surface area contributed by atoms with Crippen molar-refractivity contribution in [3.63, 3.8) is 0 Å². The first-order chi connectivity index (χ1) is 8.56. The van der Waals surface area contributed by atoms with Crippen LogP contribution in [0.1, 0.15) is 18.2 Å². The van der Waals surface area contributed by atoms with Gasteiger partial charge in [0.05, 0.1) is 7.11 Å². The summed E-state index contributed by atoms with van der Waals surface area (Å²) in [6.07, 6.45) is 0.703.